The summed E-state index contributed by atoms with van der Waals surface area (Å²) in [5.74, 6) is 0.554. The van der Waals surface area contributed by atoms with Gasteiger partial charge in [0.2, 0.25) is 0 Å². The monoisotopic (exact) mass is 202 g/mol. The fourth-order valence-electron chi connectivity index (χ4n) is 1.36. The van der Waals surface area contributed by atoms with E-state index in [-0.39, 0.29) is 0 Å². The van der Waals surface area contributed by atoms with E-state index >= 15 is 0 Å². The van der Waals surface area contributed by atoms with Crippen molar-refractivity contribution in [3.05, 3.63) is 42.2 Å². The molecule has 1 aromatic carbocycles. The quantitative estimate of drug-likeness (QED) is 0.711. The maximum absolute atomic E-state index is 10.7. The summed E-state index contributed by atoms with van der Waals surface area (Å²) in [7, 11) is 1.54. The Balaban J connectivity index is 2.48. The summed E-state index contributed by atoms with van der Waals surface area (Å²) in [5, 5.41) is 4.09. The third kappa shape index (κ3) is 1.74. The van der Waals surface area contributed by atoms with Gasteiger partial charge in [-0.2, -0.15) is 5.10 Å². The number of hydrogen-bond donors (Lipinski definition) is 0. The fraction of sp³-hybridized carbons (Fsp3) is 0.0909. The molecule has 0 atom stereocenters. The van der Waals surface area contributed by atoms with E-state index in [2.05, 4.69) is 5.10 Å². The van der Waals surface area contributed by atoms with E-state index in [4.69, 9.17) is 4.74 Å². The summed E-state index contributed by atoms with van der Waals surface area (Å²) in [4.78, 5) is 10.7. The first-order valence-corrected chi connectivity index (χ1v) is 4.48. The van der Waals surface area contributed by atoms with Crippen molar-refractivity contribution in [2.75, 3.05) is 7.11 Å². The minimum Gasteiger partial charge on any atom is -0.496 e. The number of benzene rings is 1. The Bertz CT molecular complexity index is 463. The van der Waals surface area contributed by atoms with E-state index in [0.29, 0.717) is 11.3 Å². The largest absolute Gasteiger partial charge is 0.496 e. The van der Waals surface area contributed by atoms with Gasteiger partial charge in [0.1, 0.15) is 5.75 Å². The molecule has 0 bridgehead atoms. The standard InChI is InChI=1S/C11H10N2O2/c1-15-11-7-10(4-3-9(11)8-14)13-6-2-5-12-13/h2-8H,1H3. The van der Waals surface area contributed by atoms with Crippen LogP contribution in [0.15, 0.2) is 36.7 Å². The van der Waals surface area contributed by atoms with Gasteiger partial charge in [-0.05, 0) is 18.2 Å². The third-order valence-corrected chi connectivity index (χ3v) is 2.11. The first-order valence-electron chi connectivity index (χ1n) is 4.48. The second-order valence-electron chi connectivity index (χ2n) is 2.99. The molecule has 0 fully saturated rings. The fourth-order valence-corrected chi connectivity index (χ4v) is 1.36. The van der Waals surface area contributed by atoms with Crippen LogP contribution in [-0.2, 0) is 0 Å². The highest BCUT2D eigenvalue weighted by atomic mass is 16.5. The van der Waals surface area contributed by atoms with E-state index in [9.17, 15) is 4.79 Å². The molecule has 2 rings (SSSR count). The number of aldehydes is 1. The zero-order valence-electron chi connectivity index (χ0n) is 8.25. The van der Waals surface area contributed by atoms with Crippen molar-refractivity contribution in [1.29, 1.82) is 0 Å². The lowest BCUT2D eigenvalue weighted by Gasteiger charge is -2.06. The molecule has 76 valence electrons. The van der Waals surface area contributed by atoms with Gasteiger partial charge in [-0.15, -0.1) is 0 Å². The van der Waals surface area contributed by atoms with Crippen LogP contribution in [0.25, 0.3) is 5.69 Å². The van der Waals surface area contributed by atoms with Crippen molar-refractivity contribution < 1.29 is 9.53 Å². The lowest BCUT2D eigenvalue weighted by molar-refractivity contribution is 0.112. The number of carbonyl (C=O) groups is 1. The van der Waals surface area contributed by atoms with Crippen LogP contribution in [-0.4, -0.2) is 23.2 Å². The summed E-state index contributed by atoms with van der Waals surface area (Å²) in [6.45, 7) is 0. The van der Waals surface area contributed by atoms with Crippen LogP contribution in [0.2, 0.25) is 0 Å². The number of aromatic nitrogens is 2. The number of methoxy groups -OCH3 is 1. The van der Waals surface area contributed by atoms with Crippen LogP contribution in [0.3, 0.4) is 0 Å². The predicted octanol–water partition coefficient (Wildman–Crippen LogP) is 1.69. The summed E-state index contributed by atoms with van der Waals surface area (Å²) < 4.78 is 6.81. The van der Waals surface area contributed by atoms with Gasteiger partial charge in [0.15, 0.2) is 6.29 Å². The number of nitrogens with zero attached hydrogens (tertiary/aromatic N) is 2. The smallest absolute Gasteiger partial charge is 0.153 e. The SMILES string of the molecule is COc1cc(-n2cccn2)ccc1C=O. The molecule has 0 amide bonds. The Morgan fingerprint density at radius 2 is 2.33 bits per heavy atom. The molecule has 1 heterocycles. The molecule has 0 aliphatic rings. The second-order valence-corrected chi connectivity index (χ2v) is 2.99. The molecule has 0 saturated carbocycles. The van der Waals surface area contributed by atoms with Crippen LogP contribution in [0.4, 0.5) is 0 Å². The van der Waals surface area contributed by atoms with Crippen molar-refractivity contribution in [2.45, 2.75) is 0 Å². The van der Waals surface area contributed by atoms with E-state index in [0.717, 1.165) is 12.0 Å². The molecular weight excluding hydrogens is 192 g/mol. The molecular formula is C11H10N2O2. The van der Waals surface area contributed by atoms with Crippen molar-refractivity contribution in [3.8, 4) is 11.4 Å². The normalized spacial score (nSPS) is 9.93. The maximum atomic E-state index is 10.7. The van der Waals surface area contributed by atoms with E-state index < -0.39 is 0 Å². The van der Waals surface area contributed by atoms with Gasteiger partial charge in [-0.3, -0.25) is 4.79 Å². The van der Waals surface area contributed by atoms with E-state index in [1.807, 2.05) is 18.3 Å². The van der Waals surface area contributed by atoms with Gasteiger partial charge >= 0.3 is 0 Å². The Kier molecular flexibility index (Phi) is 2.49. The number of hydrogen-bond acceptors (Lipinski definition) is 3. The highest BCUT2D eigenvalue weighted by molar-refractivity contribution is 5.80. The zero-order chi connectivity index (χ0) is 10.7. The minimum atomic E-state index is 0.536. The average molecular weight is 202 g/mol. The summed E-state index contributed by atoms with van der Waals surface area (Å²) in [6, 6.07) is 7.14. The van der Waals surface area contributed by atoms with E-state index in [1.54, 1.807) is 23.0 Å². The molecule has 0 spiro atoms. The molecule has 0 aliphatic heterocycles. The van der Waals surface area contributed by atoms with Gasteiger partial charge < -0.3 is 4.74 Å². The zero-order valence-corrected chi connectivity index (χ0v) is 8.25. The van der Waals surface area contributed by atoms with Crippen molar-refractivity contribution >= 4 is 6.29 Å². The number of carbonyl (C=O) groups excluding carboxylic acids is 1. The molecule has 2 aromatic rings. The van der Waals surface area contributed by atoms with Crippen molar-refractivity contribution in [2.24, 2.45) is 0 Å². The van der Waals surface area contributed by atoms with Crippen LogP contribution in [0.1, 0.15) is 10.4 Å². The molecule has 1 aromatic heterocycles. The third-order valence-electron chi connectivity index (χ3n) is 2.11. The Morgan fingerprint density at radius 1 is 1.47 bits per heavy atom. The summed E-state index contributed by atoms with van der Waals surface area (Å²) >= 11 is 0. The summed E-state index contributed by atoms with van der Waals surface area (Å²) in [6.07, 6.45) is 4.29. The highest BCUT2D eigenvalue weighted by Gasteiger charge is 2.04. The molecule has 4 nitrogen and oxygen atoms in total. The predicted molar refractivity (Wildman–Crippen MR) is 55.5 cm³/mol. The Hall–Kier alpha value is -2.10. The van der Waals surface area contributed by atoms with Crippen LogP contribution in [0, 0.1) is 0 Å². The summed E-state index contributed by atoms with van der Waals surface area (Å²) in [5.41, 5.74) is 1.40. The molecule has 0 aliphatic carbocycles. The second kappa shape index (κ2) is 3.96. The Labute approximate surface area is 87.1 Å². The molecule has 15 heavy (non-hydrogen) atoms. The molecule has 0 saturated heterocycles. The minimum absolute atomic E-state index is 0.536. The molecule has 0 unspecified atom stereocenters. The van der Waals surface area contributed by atoms with Gasteiger partial charge in [0, 0.05) is 18.5 Å². The number of ether oxygens (including phenoxy) is 1. The first kappa shape index (κ1) is 9.45. The van der Waals surface area contributed by atoms with Crippen molar-refractivity contribution in [1.82, 2.24) is 9.78 Å². The van der Waals surface area contributed by atoms with Gasteiger partial charge in [-0.1, -0.05) is 0 Å². The van der Waals surface area contributed by atoms with Crippen molar-refractivity contribution in [3.63, 3.8) is 0 Å². The topological polar surface area (TPSA) is 44.1 Å². The number of rotatable bonds is 3. The first-order chi connectivity index (χ1) is 7.35. The van der Waals surface area contributed by atoms with Crippen LogP contribution in [0.5, 0.6) is 5.75 Å². The molecule has 4 heteroatoms. The average Bonchev–Trinajstić information content (AvgIpc) is 2.81. The maximum Gasteiger partial charge on any atom is 0.153 e. The lowest BCUT2D eigenvalue weighted by Crippen LogP contribution is -1.97. The van der Waals surface area contributed by atoms with Gasteiger partial charge in [0.25, 0.3) is 0 Å². The van der Waals surface area contributed by atoms with Gasteiger partial charge in [0.05, 0.1) is 18.4 Å². The van der Waals surface area contributed by atoms with Crippen LogP contribution < -0.4 is 4.74 Å². The Morgan fingerprint density at radius 3 is 2.93 bits per heavy atom. The van der Waals surface area contributed by atoms with E-state index in [1.165, 1.54) is 7.11 Å². The van der Waals surface area contributed by atoms with Gasteiger partial charge in [-0.25, -0.2) is 4.68 Å². The molecule has 0 radical (unpaired) electrons. The lowest BCUT2D eigenvalue weighted by atomic mass is 10.2. The molecule has 0 N–H and O–H groups in total. The van der Waals surface area contributed by atoms with Crippen LogP contribution >= 0.6 is 0 Å². The highest BCUT2D eigenvalue weighted by Crippen LogP contribution is 2.20.